The van der Waals surface area contributed by atoms with Crippen molar-refractivity contribution in [3.8, 4) is 23.7 Å². The Morgan fingerprint density at radius 3 is 1.97 bits per heavy atom. The molecule has 0 radical (unpaired) electrons. The van der Waals surface area contributed by atoms with Crippen LogP contribution in [0.2, 0.25) is 0 Å². The Morgan fingerprint density at radius 1 is 0.906 bits per heavy atom. The topological polar surface area (TPSA) is 160 Å². The molecule has 0 aliphatic rings. The van der Waals surface area contributed by atoms with Crippen molar-refractivity contribution >= 4 is 23.4 Å². The fraction of sp³-hybridized carbons (Fsp3) is 0.174. The number of benzene rings is 2. The summed E-state index contributed by atoms with van der Waals surface area (Å²) in [6.45, 7) is 0.133. The lowest BCUT2D eigenvalue weighted by Crippen LogP contribution is -2.50. The maximum absolute atomic E-state index is 12.2. The molecule has 0 aliphatic carbocycles. The second-order valence-electron chi connectivity index (χ2n) is 6.48. The molecule has 0 saturated heterocycles. The number of carbonyl (C=O) groups excluding carboxylic acids is 3. The number of nitrogens with two attached hydrogens (primary N) is 2. The Balaban J connectivity index is 1.95. The van der Waals surface area contributed by atoms with E-state index in [0.29, 0.717) is 23.4 Å². The van der Waals surface area contributed by atoms with Crippen molar-refractivity contribution in [1.82, 2.24) is 10.8 Å². The van der Waals surface area contributed by atoms with E-state index in [-0.39, 0.29) is 18.9 Å². The van der Waals surface area contributed by atoms with Crippen molar-refractivity contribution < 1.29 is 19.6 Å². The van der Waals surface area contributed by atoms with Crippen molar-refractivity contribution in [2.45, 2.75) is 12.5 Å². The molecule has 0 aliphatic heterocycles. The first-order chi connectivity index (χ1) is 15.5. The van der Waals surface area contributed by atoms with Gasteiger partial charge in [-0.2, -0.15) is 0 Å². The van der Waals surface area contributed by atoms with Crippen molar-refractivity contribution in [3.63, 3.8) is 0 Å². The number of hydroxylamine groups is 1. The maximum atomic E-state index is 12.2. The van der Waals surface area contributed by atoms with Crippen LogP contribution in [0.15, 0.2) is 48.5 Å². The highest BCUT2D eigenvalue weighted by molar-refractivity contribution is 5.97. The average Bonchev–Trinajstić information content (AvgIpc) is 2.81. The number of hydrogen-bond acceptors (Lipinski definition) is 6. The molecule has 0 bridgehead atoms. The highest BCUT2D eigenvalue weighted by Crippen LogP contribution is 2.09. The highest BCUT2D eigenvalue weighted by atomic mass is 16.5. The molecule has 1 atom stereocenters. The van der Waals surface area contributed by atoms with Gasteiger partial charge in [0.25, 0.3) is 11.8 Å². The number of hydrogen-bond donors (Lipinski definition) is 6. The summed E-state index contributed by atoms with van der Waals surface area (Å²) < 4.78 is 0. The van der Waals surface area contributed by atoms with Gasteiger partial charge in [0.1, 0.15) is 6.04 Å². The number of anilines is 1. The molecule has 0 aromatic heterocycles. The lowest BCUT2D eigenvalue weighted by atomic mass is 10.1. The minimum absolute atomic E-state index is 0.143. The SMILES string of the molecule is NCCC(=O)Nc1ccc(C#CC#Cc2ccc(C(=O)N[C@@H](CN)C(=O)NO)cc2)cc1. The molecular weight excluding hydrogens is 410 g/mol. The van der Waals surface area contributed by atoms with E-state index in [2.05, 4.69) is 34.3 Å². The monoisotopic (exact) mass is 433 g/mol. The third-order valence-electron chi connectivity index (χ3n) is 4.13. The zero-order valence-electron chi connectivity index (χ0n) is 17.1. The van der Waals surface area contributed by atoms with Crippen LogP contribution in [0, 0.1) is 23.7 Å². The summed E-state index contributed by atoms with van der Waals surface area (Å²) in [7, 11) is 0. The summed E-state index contributed by atoms with van der Waals surface area (Å²) >= 11 is 0. The summed E-state index contributed by atoms with van der Waals surface area (Å²) in [4.78, 5) is 35.1. The van der Waals surface area contributed by atoms with Gasteiger partial charge in [0.2, 0.25) is 5.91 Å². The Kier molecular flexibility index (Phi) is 9.44. The van der Waals surface area contributed by atoms with Crippen LogP contribution in [0.5, 0.6) is 0 Å². The van der Waals surface area contributed by atoms with Crippen molar-refractivity contribution in [3.05, 3.63) is 65.2 Å². The summed E-state index contributed by atoms with van der Waals surface area (Å²) in [5, 5.41) is 13.8. The van der Waals surface area contributed by atoms with Crippen LogP contribution in [0.3, 0.4) is 0 Å². The number of nitrogens with one attached hydrogen (secondary N) is 3. The lowest BCUT2D eigenvalue weighted by molar-refractivity contribution is -0.130. The molecule has 2 aromatic carbocycles. The van der Waals surface area contributed by atoms with Gasteiger partial charge < -0.3 is 22.1 Å². The third-order valence-corrected chi connectivity index (χ3v) is 4.13. The van der Waals surface area contributed by atoms with Crippen LogP contribution in [-0.4, -0.2) is 42.1 Å². The first-order valence-electron chi connectivity index (χ1n) is 9.63. The summed E-state index contributed by atoms with van der Waals surface area (Å²) in [6.07, 6.45) is 0.262. The smallest absolute Gasteiger partial charge is 0.267 e. The van der Waals surface area contributed by atoms with Gasteiger partial charge in [0.15, 0.2) is 0 Å². The fourth-order valence-corrected chi connectivity index (χ4v) is 2.45. The molecule has 8 N–H and O–H groups in total. The molecule has 0 spiro atoms. The highest BCUT2D eigenvalue weighted by Gasteiger charge is 2.19. The molecule has 0 saturated carbocycles. The summed E-state index contributed by atoms with van der Waals surface area (Å²) in [5.74, 6) is 9.80. The van der Waals surface area contributed by atoms with Gasteiger partial charge in [0, 0.05) is 41.9 Å². The molecule has 2 aromatic rings. The minimum atomic E-state index is -1.04. The van der Waals surface area contributed by atoms with Gasteiger partial charge in [-0.25, -0.2) is 5.48 Å². The summed E-state index contributed by atoms with van der Waals surface area (Å²) in [5.41, 5.74) is 14.6. The molecule has 0 fully saturated rings. The minimum Gasteiger partial charge on any atom is -0.339 e. The van der Waals surface area contributed by atoms with E-state index >= 15 is 0 Å². The van der Waals surface area contributed by atoms with E-state index in [1.165, 1.54) is 5.48 Å². The lowest BCUT2D eigenvalue weighted by Gasteiger charge is -2.14. The summed E-state index contributed by atoms with van der Waals surface area (Å²) in [6, 6.07) is 12.4. The molecule has 9 heteroatoms. The van der Waals surface area contributed by atoms with E-state index < -0.39 is 17.9 Å². The van der Waals surface area contributed by atoms with Crippen molar-refractivity contribution in [1.29, 1.82) is 0 Å². The van der Waals surface area contributed by atoms with E-state index in [1.54, 1.807) is 48.5 Å². The molecular formula is C23H23N5O4. The second-order valence-corrected chi connectivity index (χ2v) is 6.48. The molecule has 3 amide bonds. The van der Waals surface area contributed by atoms with Crippen LogP contribution < -0.4 is 27.6 Å². The Morgan fingerprint density at radius 2 is 1.47 bits per heavy atom. The van der Waals surface area contributed by atoms with Crippen LogP contribution in [0.1, 0.15) is 27.9 Å². The number of carbonyl (C=O) groups is 3. The first-order valence-corrected chi connectivity index (χ1v) is 9.63. The fourth-order valence-electron chi connectivity index (χ4n) is 2.45. The van der Waals surface area contributed by atoms with E-state index in [4.69, 9.17) is 16.7 Å². The number of amides is 3. The quantitative estimate of drug-likeness (QED) is 0.204. The zero-order chi connectivity index (χ0) is 23.3. The van der Waals surface area contributed by atoms with Gasteiger partial charge in [-0.3, -0.25) is 19.6 Å². The predicted octanol–water partition coefficient (Wildman–Crippen LogP) is -0.0604. The molecule has 32 heavy (non-hydrogen) atoms. The third kappa shape index (κ3) is 7.59. The number of rotatable bonds is 7. The molecule has 164 valence electrons. The molecule has 0 heterocycles. The first kappa shape index (κ1) is 24.1. The van der Waals surface area contributed by atoms with Crippen molar-refractivity contribution in [2.75, 3.05) is 18.4 Å². The predicted molar refractivity (Wildman–Crippen MR) is 119 cm³/mol. The van der Waals surface area contributed by atoms with Gasteiger partial charge in [-0.05, 0) is 60.4 Å². The molecule has 0 unspecified atom stereocenters. The van der Waals surface area contributed by atoms with E-state index in [0.717, 1.165) is 5.56 Å². The van der Waals surface area contributed by atoms with Crippen LogP contribution in [-0.2, 0) is 9.59 Å². The van der Waals surface area contributed by atoms with E-state index in [1.807, 2.05) is 0 Å². The standard InChI is InChI=1S/C23H23N5O4/c24-14-13-21(29)26-19-11-7-17(8-12-19)4-2-1-3-16-5-9-18(10-6-16)22(30)27-20(15-25)23(31)28-32/h5-12,20,32H,13-15,24-25H2,(H,26,29)(H,27,30)(H,28,31)/t20-/m0/s1. The maximum Gasteiger partial charge on any atom is 0.267 e. The van der Waals surface area contributed by atoms with Gasteiger partial charge in [-0.1, -0.05) is 11.8 Å². The molecule has 9 nitrogen and oxygen atoms in total. The van der Waals surface area contributed by atoms with Crippen molar-refractivity contribution in [2.24, 2.45) is 11.5 Å². The Bertz CT molecular complexity index is 1070. The Labute approximate surface area is 185 Å². The van der Waals surface area contributed by atoms with Gasteiger partial charge >= 0.3 is 0 Å². The van der Waals surface area contributed by atoms with Gasteiger partial charge in [0.05, 0.1) is 0 Å². The van der Waals surface area contributed by atoms with Crippen LogP contribution >= 0.6 is 0 Å². The molecule has 2 rings (SSSR count). The van der Waals surface area contributed by atoms with E-state index in [9.17, 15) is 14.4 Å². The average molecular weight is 433 g/mol. The van der Waals surface area contributed by atoms with Gasteiger partial charge in [-0.15, -0.1) is 0 Å². The largest absolute Gasteiger partial charge is 0.339 e. The van der Waals surface area contributed by atoms with Crippen LogP contribution in [0.4, 0.5) is 5.69 Å². The normalized spacial score (nSPS) is 10.5. The zero-order valence-corrected chi connectivity index (χ0v) is 17.1. The Hall–Kier alpha value is -4.15. The second kappa shape index (κ2) is 12.5. The van der Waals surface area contributed by atoms with Crippen LogP contribution in [0.25, 0.3) is 0 Å².